The number of benzene rings is 2. The number of rotatable bonds is 4. The summed E-state index contributed by atoms with van der Waals surface area (Å²) in [5.74, 6) is 0. The number of hydrogen-bond acceptors (Lipinski definition) is 0. The molecule has 0 nitrogen and oxygen atoms in total. The SMILES string of the molecule is CC(C)(C)CC[Si](C)(C)C.CC(C)(C)CCc1ccc2ccccc2c1. The fourth-order valence-electron chi connectivity index (χ4n) is 2.66. The molecule has 0 aliphatic rings. The van der Waals surface area contributed by atoms with Gasteiger partial charge >= 0.3 is 0 Å². The molecule has 0 bridgehead atoms. The molecule has 2 aromatic carbocycles. The first-order valence-corrected chi connectivity index (χ1v) is 13.9. The van der Waals surface area contributed by atoms with Crippen LogP contribution in [0.1, 0.15) is 59.9 Å². The molecule has 0 aliphatic carbocycles. The maximum atomic E-state index is 2.44. The van der Waals surface area contributed by atoms with Gasteiger partial charge in [-0.2, -0.15) is 0 Å². The van der Waals surface area contributed by atoms with Crippen LogP contribution in [0.3, 0.4) is 0 Å². The van der Waals surface area contributed by atoms with E-state index < -0.39 is 8.07 Å². The Balaban J connectivity index is 0.000000294. The normalized spacial score (nSPS) is 12.7. The van der Waals surface area contributed by atoms with Crippen molar-refractivity contribution in [1.29, 1.82) is 0 Å². The van der Waals surface area contributed by atoms with Crippen LogP contribution in [0.25, 0.3) is 10.8 Å². The zero-order valence-corrected chi connectivity index (χ0v) is 19.9. The summed E-state index contributed by atoms with van der Waals surface area (Å²) in [7, 11) is -0.767. The van der Waals surface area contributed by atoms with Gasteiger partial charge in [0.1, 0.15) is 0 Å². The lowest BCUT2D eigenvalue weighted by Crippen LogP contribution is -2.21. The summed E-state index contributed by atoms with van der Waals surface area (Å²) in [6.07, 6.45) is 3.81. The van der Waals surface area contributed by atoms with Crippen molar-refractivity contribution in [2.24, 2.45) is 10.8 Å². The fourth-order valence-corrected chi connectivity index (χ4v) is 4.16. The summed E-state index contributed by atoms with van der Waals surface area (Å²) in [6.45, 7) is 21.2. The van der Waals surface area contributed by atoms with Gasteiger partial charge < -0.3 is 0 Å². The molecule has 0 fully saturated rings. The lowest BCUT2D eigenvalue weighted by molar-refractivity contribution is 0.378. The van der Waals surface area contributed by atoms with E-state index in [2.05, 4.69) is 104 Å². The van der Waals surface area contributed by atoms with E-state index in [4.69, 9.17) is 0 Å². The summed E-state index contributed by atoms with van der Waals surface area (Å²) >= 11 is 0. The van der Waals surface area contributed by atoms with Crippen LogP contribution in [0.4, 0.5) is 0 Å². The second-order valence-corrected chi connectivity index (χ2v) is 17.0. The smallest absolute Gasteiger partial charge is 0.0442 e. The Morgan fingerprint density at radius 3 is 1.69 bits per heavy atom. The quantitative estimate of drug-likeness (QED) is 0.473. The van der Waals surface area contributed by atoms with Gasteiger partial charge in [0.15, 0.2) is 0 Å². The van der Waals surface area contributed by atoms with Gasteiger partial charge in [-0.3, -0.25) is 0 Å². The van der Waals surface area contributed by atoms with Crippen molar-refractivity contribution in [3.63, 3.8) is 0 Å². The largest absolute Gasteiger partial charge is 0.0695 e. The molecule has 0 atom stereocenters. The van der Waals surface area contributed by atoms with E-state index in [0.717, 1.165) is 0 Å². The minimum atomic E-state index is -0.767. The van der Waals surface area contributed by atoms with E-state index in [1.54, 1.807) is 0 Å². The van der Waals surface area contributed by atoms with Crippen molar-refractivity contribution >= 4 is 18.8 Å². The van der Waals surface area contributed by atoms with Gasteiger partial charge in [-0.1, -0.05) is 116 Å². The average Bonchev–Trinajstić information content (AvgIpc) is 2.50. The maximum absolute atomic E-state index is 2.44. The number of aryl methyl sites for hydroxylation is 1. The summed E-state index contributed by atoms with van der Waals surface area (Å²) in [5.41, 5.74) is 2.42. The van der Waals surface area contributed by atoms with Gasteiger partial charge in [-0.25, -0.2) is 0 Å². The van der Waals surface area contributed by atoms with Crippen molar-refractivity contribution < 1.29 is 0 Å². The third-order valence-electron chi connectivity index (χ3n) is 4.60. The van der Waals surface area contributed by atoms with E-state index in [0.29, 0.717) is 10.8 Å². The predicted molar refractivity (Wildman–Crippen MR) is 124 cm³/mol. The summed E-state index contributed by atoms with van der Waals surface area (Å²) < 4.78 is 0. The molecule has 0 heterocycles. The van der Waals surface area contributed by atoms with Crippen LogP contribution in [-0.4, -0.2) is 8.07 Å². The Morgan fingerprint density at radius 1 is 0.692 bits per heavy atom. The van der Waals surface area contributed by atoms with Gasteiger partial charge in [-0.15, -0.1) is 0 Å². The molecule has 0 unspecified atom stereocenters. The molecule has 0 saturated heterocycles. The maximum Gasteiger partial charge on any atom is 0.0442 e. The number of hydrogen-bond donors (Lipinski definition) is 0. The van der Waals surface area contributed by atoms with Gasteiger partial charge in [0.2, 0.25) is 0 Å². The molecular formula is C25H42Si. The highest BCUT2D eigenvalue weighted by atomic mass is 28.3. The van der Waals surface area contributed by atoms with Crippen molar-refractivity contribution in [3.8, 4) is 0 Å². The zero-order valence-electron chi connectivity index (χ0n) is 18.9. The standard InChI is InChI=1S/C16H20.C9H22Si/c1-16(2,3)11-10-13-8-9-14-6-4-5-7-15(14)12-13;1-9(2,3)7-8-10(4,5)6/h4-9,12H,10-11H2,1-3H3;7-8H2,1-6H3. The molecule has 0 amide bonds. The first kappa shape index (κ1) is 23.0. The zero-order chi connectivity index (χ0) is 20.0. The first-order chi connectivity index (χ1) is 11.8. The Hall–Kier alpha value is -1.08. The summed E-state index contributed by atoms with van der Waals surface area (Å²) in [4.78, 5) is 0. The van der Waals surface area contributed by atoms with Crippen LogP contribution in [0.2, 0.25) is 25.7 Å². The predicted octanol–water partition coefficient (Wildman–Crippen LogP) is 8.58. The lowest BCUT2D eigenvalue weighted by atomic mass is 9.88. The van der Waals surface area contributed by atoms with Crippen LogP contribution in [0.5, 0.6) is 0 Å². The lowest BCUT2D eigenvalue weighted by Gasteiger charge is -2.23. The van der Waals surface area contributed by atoms with Crippen molar-refractivity contribution in [2.75, 3.05) is 0 Å². The van der Waals surface area contributed by atoms with E-state index in [1.807, 2.05) is 0 Å². The van der Waals surface area contributed by atoms with Crippen molar-refractivity contribution in [3.05, 3.63) is 48.0 Å². The molecular weight excluding hydrogens is 328 g/mol. The molecule has 0 saturated carbocycles. The molecule has 146 valence electrons. The molecule has 26 heavy (non-hydrogen) atoms. The highest BCUT2D eigenvalue weighted by molar-refractivity contribution is 6.76. The Kier molecular flexibility index (Phi) is 8.14. The van der Waals surface area contributed by atoms with Crippen LogP contribution in [0, 0.1) is 10.8 Å². The molecule has 2 rings (SSSR count). The second-order valence-electron chi connectivity index (χ2n) is 11.4. The van der Waals surface area contributed by atoms with Crippen LogP contribution >= 0.6 is 0 Å². The molecule has 0 spiro atoms. The second kappa shape index (κ2) is 9.22. The van der Waals surface area contributed by atoms with E-state index >= 15 is 0 Å². The molecule has 0 radical (unpaired) electrons. The van der Waals surface area contributed by atoms with E-state index in [1.165, 1.54) is 41.6 Å². The van der Waals surface area contributed by atoms with Gasteiger partial charge in [-0.05, 0) is 40.0 Å². The third-order valence-corrected chi connectivity index (χ3v) is 6.35. The molecule has 0 aliphatic heterocycles. The fraction of sp³-hybridized carbons (Fsp3) is 0.600. The highest BCUT2D eigenvalue weighted by Crippen LogP contribution is 2.25. The summed E-state index contributed by atoms with van der Waals surface area (Å²) in [6, 6.07) is 16.8. The molecule has 0 aromatic heterocycles. The molecule has 1 heteroatoms. The van der Waals surface area contributed by atoms with Crippen LogP contribution in [-0.2, 0) is 6.42 Å². The monoisotopic (exact) mass is 370 g/mol. The highest BCUT2D eigenvalue weighted by Gasteiger charge is 2.17. The summed E-state index contributed by atoms with van der Waals surface area (Å²) in [5, 5.41) is 2.69. The Morgan fingerprint density at radius 2 is 1.23 bits per heavy atom. The first-order valence-electron chi connectivity index (χ1n) is 10.2. The molecule has 0 N–H and O–H groups in total. The third kappa shape index (κ3) is 10.8. The van der Waals surface area contributed by atoms with Gasteiger partial charge in [0.05, 0.1) is 0 Å². The van der Waals surface area contributed by atoms with E-state index in [-0.39, 0.29) is 0 Å². The van der Waals surface area contributed by atoms with Crippen molar-refractivity contribution in [1.82, 2.24) is 0 Å². The van der Waals surface area contributed by atoms with Gasteiger partial charge in [0, 0.05) is 8.07 Å². The minimum Gasteiger partial charge on any atom is -0.0695 e. The Labute approximate surface area is 164 Å². The van der Waals surface area contributed by atoms with Crippen molar-refractivity contribution in [2.45, 2.75) is 86.5 Å². The van der Waals surface area contributed by atoms with E-state index in [9.17, 15) is 0 Å². The van der Waals surface area contributed by atoms with Crippen LogP contribution < -0.4 is 0 Å². The Bertz CT molecular complexity index is 649. The average molecular weight is 371 g/mol. The minimum absolute atomic E-state index is 0.422. The number of fused-ring (bicyclic) bond motifs is 1. The van der Waals surface area contributed by atoms with Gasteiger partial charge in [0.25, 0.3) is 0 Å². The molecule has 2 aromatic rings. The van der Waals surface area contributed by atoms with Crippen LogP contribution in [0.15, 0.2) is 42.5 Å². The topological polar surface area (TPSA) is 0 Å².